The highest BCUT2D eigenvalue weighted by atomic mass is 16.2. The summed E-state index contributed by atoms with van der Waals surface area (Å²) >= 11 is 0. The molecule has 1 unspecified atom stereocenters. The Hall–Kier alpha value is -3.36. The first-order valence-corrected chi connectivity index (χ1v) is 8.28. The lowest BCUT2D eigenvalue weighted by Crippen LogP contribution is -2.43. The third-order valence-electron chi connectivity index (χ3n) is 4.48. The van der Waals surface area contributed by atoms with Gasteiger partial charge in [0.15, 0.2) is 6.04 Å². The summed E-state index contributed by atoms with van der Waals surface area (Å²) in [5.74, 6) is 0.414. The highest BCUT2D eigenvalue weighted by Crippen LogP contribution is 2.23. The lowest BCUT2D eigenvalue weighted by atomic mass is 10.0. The van der Waals surface area contributed by atoms with Gasteiger partial charge in [-0.25, -0.2) is 9.67 Å². The lowest BCUT2D eigenvalue weighted by molar-refractivity contribution is -0.134. The lowest BCUT2D eigenvalue weighted by Gasteiger charge is -2.30. The SMILES string of the molecule is Cc1nc2c(c(=O)[nH]1)CCN(C(=O)C(c1ccccc1)n1cnnn1)C2. The van der Waals surface area contributed by atoms with E-state index in [2.05, 4.69) is 25.5 Å². The summed E-state index contributed by atoms with van der Waals surface area (Å²) in [6.07, 6.45) is 1.90. The highest BCUT2D eigenvalue weighted by molar-refractivity contribution is 5.83. The number of H-pyrrole nitrogens is 1. The fourth-order valence-corrected chi connectivity index (χ4v) is 3.26. The average Bonchev–Trinajstić information content (AvgIpc) is 3.16. The van der Waals surface area contributed by atoms with Crippen LogP contribution in [0, 0.1) is 6.92 Å². The van der Waals surface area contributed by atoms with Crippen molar-refractivity contribution in [2.75, 3.05) is 6.54 Å². The number of benzene rings is 1. The number of tetrazole rings is 1. The van der Waals surface area contributed by atoms with E-state index in [4.69, 9.17) is 0 Å². The van der Waals surface area contributed by atoms with E-state index in [1.165, 1.54) is 11.0 Å². The van der Waals surface area contributed by atoms with Crippen molar-refractivity contribution < 1.29 is 4.79 Å². The van der Waals surface area contributed by atoms with Gasteiger partial charge in [0.1, 0.15) is 12.2 Å². The van der Waals surface area contributed by atoms with Crippen LogP contribution in [0.15, 0.2) is 41.5 Å². The Bertz CT molecular complexity index is 982. The maximum Gasteiger partial charge on any atom is 0.254 e. The van der Waals surface area contributed by atoms with Crippen LogP contribution in [0.2, 0.25) is 0 Å². The average molecular weight is 351 g/mol. The molecule has 1 aromatic carbocycles. The number of nitrogens with zero attached hydrogens (tertiary/aromatic N) is 6. The van der Waals surface area contributed by atoms with Crippen LogP contribution in [0.3, 0.4) is 0 Å². The minimum Gasteiger partial charge on any atom is -0.334 e. The van der Waals surface area contributed by atoms with Gasteiger partial charge in [0.05, 0.1) is 12.2 Å². The molecule has 0 aliphatic carbocycles. The Balaban J connectivity index is 1.68. The molecule has 1 atom stereocenters. The predicted molar refractivity (Wildman–Crippen MR) is 91.1 cm³/mol. The quantitative estimate of drug-likeness (QED) is 0.724. The van der Waals surface area contributed by atoms with Gasteiger partial charge in [0.2, 0.25) is 0 Å². The molecule has 1 N–H and O–H groups in total. The van der Waals surface area contributed by atoms with Crippen LogP contribution in [0.4, 0.5) is 0 Å². The third kappa shape index (κ3) is 2.87. The van der Waals surface area contributed by atoms with Crippen LogP contribution in [0.5, 0.6) is 0 Å². The van der Waals surface area contributed by atoms with Crippen molar-refractivity contribution in [2.24, 2.45) is 0 Å². The fraction of sp³-hybridized carbons (Fsp3) is 0.294. The van der Waals surface area contributed by atoms with E-state index in [1.807, 2.05) is 30.3 Å². The summed E-state index contributed by atoms with van der Waals surface area (Å²) in [4.78, 5) is 34.2. The molecule has 2 aromatic heterocycles. The smallest absolute Gasteiger partial charge is 0.254 e. The molecule has 4 rings (SSSR count). The van der Waals surface area contributed by atoms with Crippen LogP contribution in [0.25, 0.3) is 0 Å². The minimum absolute atomic E-state index is 0.125. The molecular weight excluding hydrogens is 334 g/mol. The van der Waals surface area contributed by atoms with Gasteiger partial charge in [-0.2, -0.15) is 0 Å². The summed E-state index contributed by atoms with van der Waals surface area (Å²) in [5, 5.41) is 11.2. The van der Waals surface area contributed by atoms with Crippen molar-refractivity contribution in [3.05, 3.63) is 69.7 Å². The van der Waals surface area contributed by atoms with Gasteiger partial charge < -0.3 is 9.88 Å². The molecular formula is C17H17N7O2. The predicted octanol–water partition coefficient (Wildman–Crippen LogP) is 0.239. The van der Waals surface area contributed by atoms with E-state index in [9.17, 15) is 9.59 Å². The second kappa shape index (κ2) is 6.51. The van der Waals surface area contributed by atoms with E-state index >= 15 is 0 Å². The second-order valence-corrected chi connectivity index (χ2v) is 6.19. The van der Waals surface area contributed by atoms with Crippen molar-refractivity contribution >= 4 is 5.91 Å². The summed E-state index contributed by atoms with van der Waals surface area (Å²) in [6.45, 7) is 2.48. The Morgan fingerprint density at radius 3 is 2.81 bits per heavy atom. The number of rotatable bonds is 3. The van der Waals surface area contributed by atoms with Crippen molar-refractivity contribution in [2.45, 2.75) is 25.9 Å². The van der Waals surface area contributed by atoms with Gasteiger partial charge in [0.25, 0.3) is 11.5 Å². The molecule has 0 spiro atoms. The minimum atomic E-state index is -0.657. The Morgan fingerprint density at radius 1 is 1.27 bits per heavy atom. The molecule has 0 saturated heterocycles. The zero-order chi connectivity index (χ0) is 18.1. The number of hydrogen-bond donors (Lipinski definition) is 1. The van der Waals surface area contributed by atoms with Crippen LogP contribution < -0.4 is 5.56 Å². The largest absolute Gasteiger partial charge is 0.334 e. The van der Waals surface area contributed by atoms with E-state index in [-0.39, 0.29) is 11.5 Å². The zero-order valence-electron chi connectivity index (χ0n) is 14.2. The summed E-state index contributed by atoms with van der Waals surface area (Å²) < 4.78 is 1.45. The first kappa shape index (κ1) is 16.1. The number of amides is 1. The molecule has 9 heteroatoms. The number of hydrogen-bond acceptors (Lipinski definition) is 6. The second-order valence-electron chi connectivity index (χ2n) is 6.19. The van der Waals surface area contributed by atoms with Gasteiger partial charge in [-0.15, -0.1) is 5.10 Å². The highest BCUT2D eigenvalue weighted by Gasteiger charge is 2.32. The van der Waals surface area contributed by atoms with Crippen molar-refractivity contribution in [3.63, 3.8) is 0 Å². The maximum absolute atomic E-state index is 13.3. The fourth-order valence-electron chi connectivity index (χ4n) is 3.26. The van der Waals surface area contributed by atoms with Crippen molar-refractivity contribution in [1.82, 2.24) is 35.1 Å². The number of aromatic nitrogens is 6. The van der Waals surface area contributed by atoms with Crippen LogP contribution in [-0.4, -0.2) is 47.5 Å². The van der Waals surface area contributed by atoms with Crippen LogP contribution in [0.1, 0.15) is 28.7 Å². The summed E-state index contributed by atoms with van der Waals surface area (Å²) in [6, 6.07) is 8.72. The van der Waals surface area contributed by atoms with Gasteiger partial charge in [0, 0.05) is 12.1 Å². The molecule has 26 heavy (non-hydrogen) atoms. The topological polar surface area (TPSA) is 110 Å². The molecule has 0 radical (unpaired) electrons. The van der Waals surface area contributed by atoms with Gasteiger partial charge in [-0.3, -0.25) is 9.59 Å². The van der Waals surface area contributed by atoms with E-state index in [0.717, 1.165) is 5.56 Å². The van der Waals surface area contributed by atoms with E-state index < -0.39 is 6.04 Å². The number of aromatic amines is 1. The molecule has 1 amide bonds. The van der Waals surface area contributed by atoms with Crippen molar-refractivity contribution in [1.29, 1.82) is 0 Å². The van der Waals surface area contributed by atoms with Crippen LogP contribution in [-0.2, 0) is 17.8 Å². The molecule has 1 aliphatic heterocycles. The number of fused-ring (bicyclic) bond motifs is 1. The zero-order valence-corrected chi connectivity index (χ0v) is 14.2. The first-order valence-electron chi connectivity index (χ1n) is 8.28. The van der Waals surface area contributed by atoms with E-state index in [1.54, 1.807) is 11.8 Å². The first-order chi connectivity index (χ1) is 12.6. The summed E-state index contributed by atoms with van der Waals surface area (Å²) in [5.41, 5.74) is 1.97. The molecule has 3 aromatic rings. The number of carbonyl (C=O) groups is 1. The normalized spacial score (nSPS) is 14.7. The molecule has 132 valence electrons. The van der Waals surface area contributed by atoms with Gasteiger partial charge in [-0.05, 0) is 29.3 Å². The molecule has 0 bridgehead atoms. The van der Waals surface area contributed by atoms with E-state index in [0.29, 0.717) is 36.6 Å². The Kier molecular flexibility index (Phi) is 4.04. The van der Waals surface area contributed by atoms with Gasteiger partial charge in [-0.1, -0.05) is 30.3 Å². The standard InChI is InChI=1S/C17H17N7O2/c1-11-19-14-9-23(8-7-13(14)16(25)20-11)17(26)15(24-10-18-21-22-24)12-5-3-2-4-6-12/h2-6,10,15H,7-9H2,1H3,(H,19,20,25). The number of carbonyl (C=O) groups excluding carboxylic acids is 1. The maximum atomic E-state index is 13.3. The monoisotopic (exact) mass is 351 g/mol. The molecule has 0 fully saturated rings. The summed E-state index contributed by atoms with van der Waals surface area (Å²) in [7, 11) is 0. The Morgan fingerprint density at radius 2 is 2.08 bits per heavy atom. The molecule has 3 heterocycles. The van der Waals surface area contributed by atoms with Crippen molar-refractivity contribution in [3.8, 4) is 0 Å². The molecule has 0 saturated carbocycles. The third-order valence-corrected chi connectivity index (χ3v) is 4.48. The van der Waals surface area contributed by atoms with Crippen LogP contribution >= 0.6 is 0 Å². The molecule has 1 aliphatic rings. The molecule has 9 nitrogen and oxygen atoms in total. The Labute approximate surface area is 148 Å². The number of nitrogens with one attached hydrogen (secondary N) is 1. The van der Waals surface area contributed by atoms with Gasteiger partial charge >= 0.3 is 0 Å². The number of aryl methyl sites for hydroxylation is 1.